The fourth-order valence-electron chi connectivity index (χ4n) is 0.870. The molecule has 1 rings (SSSR count). The quantitative estimate of drug-likeness (QED) is 0.657. The van der Waals surface area contributed by atoms with Crippen LogP contribution in [0, 0.1) is 0 Å². The number of ether oxygens (including phenoxy) is 1. The molecule has 0 amide bonds. The van der Waals surface area contributed by atoms with Crippen LogP contribution in [0.4, 0.5) is 0 Å². The number of rotatable bonds is 3. The molecule has 0 atom stereocenters. The largest absolute Gasteiger partial charge is 0.467 e. The molecule has 1 aromatic rings. The van der Waals surface area contributed by atoms with E-state index in [0.717, 1.165) is 18.5 Å². The molecule has 3 nitrogen and oxygen atoms in total. The Kier molecular flexibility index (Phi) is 2.83. The van der Waals surface area contributed by atoms with E-state index in [1.54, 1.807) is 13.3 Å². The van der Waals surface area contributed by atoms with Crippen molar-refractivity contribution in [3.05, 3.63) is 18.0 Å². The molecule has 1 heterocycles. The maximum atomic E-state index is 4.88. The second kappa shape index (κ2) is 3.91. The number of hydrogen-bond acceptors (Lipinski definition) is 3. The second-order valence-corrected chi connectivity index (χ2v) is 2.28. The first-order chi connectivity index (χ1) is 5.36. The van der Waals surface area contributed by atoms with Crippen molar-refractivity contribution in [2.75, 3.05) is 7.11 Å². The first-order valence-electron chi connectivity index (χ1n) is 3.72. The lowest BCUT2D eigenvalue weighted by Gasteiger charge is -1.99. The van der Waals surface area contributed by atoms with Crippen molar-refractivity contribution in [1.82, 2.24) is 9.97 Å². The van der Waals surface area contributed by atoms with E-state index in [9.17, 15) is 0 Å². The Bertz CT molecular complexity index is 225. The third-order valence-corrected chi connectivity index (χ3v) is 1.38. The Hall–Kier alpha value is -1.12. The number of hydrogen-bond donors (Lipinski definition) is 0. The van der Waals surface area contributed by atoms with Gasteiger partial charge in [-0.3, -0.25) is 0 Å². The summed E-state index contributed by atoms with van der Waals surface area (Å²) in [5.74, 6) is 0. The number of aryl methyl sites for hydroxylation is 1. The minimum Gasteiger partial charge on any atom is -0.467 e. The third kappa shape index (κ3) is 2.18. The zero-order chi connectivity index (χ0) is 8.10. The molecule has 0 saturated carbocycles. The molecule has 0 N–H and O–H groups in total. The van der Waals surface area contributed by atoms with Gasteiger partial charge in [0.25, 0.3) is 0 Å². The van der Waals surface area contributed by atoms with Crippen molar-refractivity contribution in [3.63, 3.8) is 0 Å². The van der Waals surface area contributed by atoms with Gasteiger partial charge in [-0.2, -0.15) is 0 Å². The molecule has 0 fully saturated rings. The highest BCUT2D eigenvalue weighted by atomic mass is 16.5. The van der Waals surface area contributed by atoms with Gasteiger partial charge in [-0.1, -0.05) is 13.3 Å². The van der Waals surface area contributed by atoms with Crippen molar-refractivity contribution < 1.29 is 4.74 Å². The Morgan fingerprint density at radius 3 is 3.00 bits per heavy atom. The van der Waals surface area contributed by atoms with E-state index in [1.165, 1.54) is 0 Å². The fourth-order valence-corrected chi connectivity index (χ4v) is 0.870. The maximum absolute atomic E-state index is 4.88. The van der Waals surface area contributed by atoms with E-state index in [1.807, 2.05) is 6.07 Å². The Labute approximate surface area is 66.4 Å². The zero-order valence-electron chi connectivity index (χ0n) is 6.87. The lowest BCUT2D eigenvalue weighted by atomic mass is 10.2. The first kappa shape index (κ1) is 7.98. The lowest BCUT2D eigenvalue weighted by molar-refractivity contribution is 0.378. The van der Waals surface area contributed by atoms with Gasteiger partial charge in [0.2, 0.25) is 0 Å². The molecular weight excluding hydrogens is 140 g/mol. The SMILES string of the molecule is CCCc1ccnc(OC)n1. The molecule has 3 heteroatoms. The molecule has 0 bridgehead atoms. The van der Waals surface area contributed by atoms with Crippen molar-refractivity contribution in [1.29, 1.82) is 0 Å². The molecular formula is C8H12N2O. The van der Waals surface area contributed by atoms with E-state index in [2.05, 4.69) is 16.9 Å². The number of aromatic nitrogens is 2. The standard InChI is InChI=1S/C8H12N2O/c1-3-4-7-5-6-9-8(10-7)11-2/h5-6H,3-4H2,1-2H3. The van der Waals surface area contributed by atoms with Gasteiger partial charge in [-0.05, 0) is 12.5 Å². The highest BCUT2D eigenvalue weighted by molar-refractivity contribution is 5.05. The fraction of sp³-hybridized carbons (Fsp3) is 0.500. The van der Waals surface area contributed by atoms with Crippen LogP contribution in [-0.4, -0.2) is 17.1 Å². The molecule has 60 valence electrons. The number of methoxy groups -OCH3 is 1. The summed E-state index contributed by atoms with van der Waals surface area (Å²) in [5.41, 5.74) is 1.04. The van der Waals surface area contributed by atoms with Crippen molar-refractivity contribution in [3.8, 4) is 6.01 Å². The monoisotopic (exact) mass is 152 g/mol. The summed E-state index contributed by atoms with van der Waals surface area (Å²) in [6, 6.07) is 2.36. The maximum Gasteiger partial charge on any atom is 0.316 e. The predicted octanol–water partition coefficient (Wildman–Crippen LogP) is 1.44. The summed E-state index contributed by atoms with van der Waals surface area (Å²) in [7, 11) is 1.57. The van der Waals surface area contributed by atoms with Gasteiger partial charge in [-0.25, -0.2) is 9.97 Å². The number of nitrogens with zero attached hydrogens (tertiary/aromatic N) is 2. The zero-order valence-corrected chi connectivity index (χ0v) is 6.87. The van der Waals surface area contributed by atoms with Gasteiger partial charge < -0.3 is 4.74 Å². The smallest absolute Gasteiger partial charge is 0.316 e. The Morgan fingerprint density at radius 1 is 1.55 bits per heavy atom. The van der Waals surface area contributed by atoms with Gasteiger partial charge in [0, 0.05) is 11.9 Å². The highest BCUT2D eigenvalue weighted by Gasteiger charge is 1.95. The topological polar surface area (TPSA) is 35.0 Å². The molecule has 11 heavy (non-hydrogen) atoms. The molecule has 0 spiro atoms. The molecule has 1 aromatic heterocycles. The predicted molar refractivity (Wildman–Crippen MR) is 42.6 cm³/mol. The van der Waals surface area contributed by atoms with Crippen LogP contribution in [-0.2, 0) is 6.42 Å². The van der Waals surface area contributed by atoms with E-state index in [4.69, 9.17) is 4.74 Å². The highest BCUT2D eigenvalue weighted by Crippen LogP contribution is 2.03. The molecule has 0 aliphatic carbocycles. The summed E-state index contributed by atoms with van der Waals surface area (Å²) in [4.78, 5) is 8.05. The molecule has 0 saturated heterocycles. The summed E-state index contributed by atoms with van der Waals surface area (Å²) in [6.07, 6.45) is 3.80. The van der Waals surface area contributed by atoms with Crippen molar-refractivity contribution >= 4 is 0 Å². The summed E-state index contributed by atoms with van der Waals surface area (Å²) < 4.78 is 4.88. The second-order valence-electron chi connectivity index (χ2n) is 2.28. The average Bonchev–Trinajstić information content (AvgIpc) is 2.06. The van der Waals surface area contributed by atoms with Crippen molar-refractivity contribution in [2.24, 2.45) is 0 Å². The van der Waals surface area contributed by atoms with Crippen LogP contribution in [0.15, 0.2) is 12.3 Å². The van der Waals surface area contributed by atoms with Gasteiger partial charge in [0.15, 0.2) is 0 Å². The third-order valence-electron chi connectivity index (χ3n) is 1.38. The van der Waals surface area contributed by atoms with Crippen LogP contribution in [0.2, 0.25) is 0 Å². The lowest BCUT2D eigenvalue weighted by Crippen LogP contribution is -1.95. The minimum atomic E-state index is 0.455. The van der Waals surface area contributed by atoms with Gasteiger partial charge in [0.1, 0.15) is 0 Å². The van der Waals surface area contributed by atoms with Crippen LogP contribution in [0.1, 0.15) is 19.0 Å². The average molecular weight is 152 g/mol. The molecule has 0 aromatic carbocycles. The normalized spacial score (nSPS) is 9.64. The van der Waals surface area contributed by atoms with Gasteiger partial charge in [-0.15, -0.1) is 0 Å². The summed E-state index contributed by atoms with van der Waals surface area (Å²) in [6.45, 7) is 2.12. The van der Waals surface area contributed by atoms with Crippen LogP contribution >= 0.6 is 0 Å². The van der Waals surface area contributed by atoms with E-state index in [-0.39, 0.29) is 0 Å². The first-order valence-corrected chi connectivity index (χ1v) is 3.72. The minimum absolute atomic E-state index is 0.455. The summed E-state index contributed by atoms with van der Waals surface area (Å²) >= 11 is 0. The molecule has 0 unspecified atom stereocenters. The molecule has 0 aliphatic rings. The van der Waals surface area contributed by atoms with Crippen LogP contribution in [0.5, 0.6) is 6.01 Å². The van der Waals surface area contributed by atoms with E-state index in [0.29, 0.717) is 6.01 Å². The van der Waals surface area contributed by atoms with Gasteiger partial charge in [0.05, 0.1) is 7.11 Å². The van der Waals surface area contributed by atoms with Crippen LogP contribution in [0.3, 0.4) is 0 Å². The van der Waals surface area contributed by atoms with E-state index < -0.39 is 0 Å². The van der Waals surface area contributed by atoms with Gasteiger partial charge >= 0.3 is 6.01 Å². The molecule has 0 aliphatic heterocycles. The molecule has 0 radical (unpaired) electrons. The van der Waals surface area contributed by atoms with E-state index >= 15 is 0 Å². The van der Waals surface area contributed by atoms with Crippen LogP contribution < -0.4 is 4.74 Å². The Balaban J connectivity index is 2.74. The Morgan fingerprint density at radius 2 is 2.36 bits per heavy atom. The van der Waals surface area contributed by atoms with Crippen molar-refractivity contribution in [2.45, 2.75) is 19.8 Å². The summed E-state index contributed by atoms with van der Waals surface area (Å²) in [5, 5.41) is 0. The van der Waals surface area contributed by atoms with Crippen LogP contribution in [0.25, 0.3) is 0 Å².